The predicted octanol–water partition coefficient (Wildman–Crippen LogP) is 13.3. The first-order valence-electron chi connectivity index (χ1n) is 18.8. The summed E-state index contributed by atoms with van der Waals surface area (Å²) < 4.78 is 5.05. The molecule has 4 aromatic heterocycles. The molecule has 1 aliphatic rings. The van der Waals surface area contributed by atoms with Gasteiger partial charge in [-0.05, 0) is 75.5 Å². The zero-order valence-electron chi connectivity index (χ0n) is 30.2. The maximum Gasteiger partial charge on any atom is 0.163 e. The number of rotatable bonds is 3. The summed E-state index contributed by atoms with van der Waals surface area (Å²) in [5.41, 5.74) is 12.2. The molecule has 1 aliphatic carbocycles. The highest BCUT2D eigenvalue weighted by Gasteiger charge is 2.35. The zero-order chi connectivity index (χ0) is 36.4. The molecule has 0 amide bonds. The average molecular weight is 721 g/mol. The maximum atomic E-state index is 5.37. The molecule has 0 bridgehead atoms. The van der Waals surface area contributed by atoms with Crippen LogP contribution in [0.1, 0.15) is 25.0 Å². The van der Waals surface area contributed by atoms with Gasteiger partial charge in [0.1, 0.15) is 0 Å². The highest BCUT2D eigenvalue weighted by atomic mass is 32.1. The first kappa shape index (κ1) is 30.7. The van der Waals surface area contributed by atoms with Crippen LogP contribution < -0.4 is 0 Å². The van der Waals surface area contributed by atoms with Crippen molar-refractivity contribution < 1.29 is 0 Å². The summed E-state index contributed by atoms with van der Waals surface area (Å²) >= 11 is 1.88. The average Bonchev–Trinajstić information content (AvgIpc) is 3.87. The van der Waals surface area contributed by atoms with E-state index < -0.39 is 0 Å². The van der Waals surface area contributed by atoms with Crippen LogP contribution in [0, 0.1) is 0 Å². The van der Waals surface area contributed by atoms with E-state index in [1.54, 1.807) is 0 Å². The molecule has 4 heterocycles. The van der Waals surface area contributed by atoms with Gasteiger partial charge in [0.25, 0.3) is 0 Å². The molecule has 0 saturated heterocycles. The third kappa shape index (κ3) is 4.24. The number of nitrogens with zero attached hydrogens (tertiary/aromatic N) is 4. The summed E-state index contributed by atoms with van der Waals surface area (Å²) in [6, 6.07) is 54.9. The van der Waals surface area contributed by atoms with Gasteiger partial charge in [-0.2, -0.15) is 0 Å². The standard InChI is InChI=1S/C50H32N4S/c1-50(2)39-21-8-5-15-32(39)33-25-24-29(28-40(33)50)45-38-20-12-26-51-49(38)53-48(52-45)30-13-11-14-31(27-30)54-41-22-9-6-18-36(41)43-34-16-3-4-17-35(34)44-37-19-7-10-23-42(37)55-47(44)46(43)54/h3-28H,1-2H3. The second kappa shape index (κ2) is 11.2. The van der Waals surface area contributed by atoms with Crippen LogP contribution in [0.2, 0.25) is 0 Å². The minimum Gasteiger partial charge on any atom is -0.308 e. The van der Waals surface area contributed by atoms with Crippen LogP contribution in [0.5, 0.6) is 0 Å². The van der Waals surface area contributed by atoms with Gasteiger partial charge in [0, 0.05) is 60.1 Å². The van der Waals surface area contributed by atoms with Crippen molar-refractivity contribution in [2.24, 2.45) is 0 Å². The Bertz CT molecular complexity index is 3420. The third-order valence-electron chi connectivity index (χ3n) is 11.8. The Morgan fingerprint density at radius 1 is 0.545 bits per heavy atom. The van der Waals surface area contributed by atoms with Gasteiger partial charge in [0.15, 0.2) is 11.5 Å². The monoisotopic (exact) mass is 720 g/mol. The van der Waals surface area contributed by atoms with Crippen molar-refractivity contribution >= 4 is 75.1 Å². The van der Waals surface area contributed by atoms with E-state index in [0.717, 1.165) is 27.9 Å². The van der Waals surface area contributed by atoms with Crippen molar-refractivity contribution in [2.75, 3.05) is 0 Å². The quantitative estimate of drug-likeness (QED) is 0.182. The van der Waals surface area contributed by atoms with Crippen molar-refractivity contribution in [3.05, 3.63) is 169 Å². The van der Waals surface area contributed by atoms with Crippen LogP contribution in [0.3, 0.4) is 0 Å². The van der Waals surface area contributed by atoms with E-state index in [4.69, 9.17) is 15.0 Å². The summed E-state index contributed by atoms with van der Waals surface area (Å²) in [6.07, 6.45) is 1.82. The largest absolute Gasteiger partial charge is 0.308 e. The Morgan fingerprint density at radius 2 is 1.27 bits per heavy atom. The maximum absolute atomic E-state index is 5.37. The fraction of sp³-hybridized carbons (Fsp3) is 0.0600. The Labute approximate surface area is 321 Å². The molecule has 0 radical (unpaired) electrons. The second-order valence-electron chi connectivity index (χ2n) is 15.2. The molecule has 55 heavy (non-hydrogen) atoms. The lowest BCUT2D eigenvalue weighted by Crippen LogP contribution is -2.15. The number of pyridine rings is 1. The van der Waals surface area contributed by atoms with Gasteiger partial charge in [-0.1, -0.05) is 123 Å². The minimum absolute atomic E-state index is 0.117. The third-order valence-corrected chi connectivity index (χ3v) is 13.0. The van der Waals surface area contributed by atoms with Crippen LogP contribution in [-0.2, 0) is 5.41 Å². The molecule has 12 rings (SSSR count). The molecule has 0 saturated carbocycles. The molecule has 0 N–H and O–H groups in total. The van der Waals surface area contributed by atoms with Crippen LogP contribution in [0.4, 0.5) is 0 Å². The van der Waals surface area contributed by atoms with Crippen molar-refractivity contribution in [2.45, 2.75) is 19.3 Å². The van der Waals surface area contributed by atoms with Gasteiger partial charge in [-0.25, -0.2) is 15.0 Å². The highest BCUT2D eigenvalue weighted by molar-refractivity contribution is 7.27. The molecule has 258 valence electrons. The molecule has 0 unspecified atom stereocenters. The molecule has 7 aromatic carbocycles. The van der Waals surface area contributed by atoms with E-state index in [1.807, 2.05) is 23.6 Å². The fourth-order valence-corrected chi connectivity index (χ4v) is 10.6. The Hall–Kier alpha value is -6.69. The first-order chi connectivity index (χ1) is 27.0. The number of aromatic nitrogens is 4. The topological polar surface area (TPSA) is 43.6 Å². The lowest BCUT2D eigenvalue weighted by atomic mass is 9.82. The first-order valence-corrected chi connectivity index (χ1v) is 19.6. The van der Waals surface area contributed by atoms with Crippen molar-refractivity contribution in [3.63, 3.8) is 0 Å². The van der Waals surface area contributed by atoms with Gasteiger partial charge >= 0.3 is 0 Å². The molecule has 0 aliphatic heterocycles. The molecule has 0 fully saturated rings. The highest BCUT2D eigenvalue weighted by Crippen LogP contribution is 2.50. The van der Waals surface area contributed by atoms with Gasteiger partial charge < -0.3 is 4.57 Å². The van der Waals surface area contributed by atoms with Gasteiger partial charge in [0.05, 0.1) is 21.4 Å². The van der Waals surface area contributed by atoms with Gasteiger partial charge in [0.2, 0.25) is 0 Å². The zero-order valence-corrected chi connectivity index (χ0v) is 31.0. The van der Waals surface area contributed by atoms with E-state index in [-0.39, 0.29) is 5.41 Å². The normalized spacial score (nSPS) is 13.4. The van der Waals surface area contributed by atoms with E-state index >= 15 is 0 Å². The Kier molecular flexibility index (Phi) is 6.24. The van der Waals surface area contributed by atoms with Gasteiger partial charge in [-0.15, -0.1) is 11.3 Å². The molecule has 0 atom stereocenters. The Morgan fingerprint density at radius 3 is 2.16 bits per heavy atom. The number of para-hydroxylation sites is 1. The number of thiophene rings is 1. The van der Waals surface area contributed by atoms with Gasteiger partial charge in [-0.3, -0.25) is 0 Å². The lowest BCUT2D eigenvalue weighted by Gasteiger charge is -2.22. The van der Waals surface area contributed by atoms with Crippen LogP contribution in [-0.4, -0.2) is 19.5 Å². The molecule has 4 nitrogen and oxygen atoms in total. The number of hydrogen-bond donors (Lipinski definition) is 0. The molecule has 0 spiro atoms. The minimum atomic E-state index is -0.117. The Balaban J connectivity index is 1.10. The molecule has 11 aromatic rings. The summed E-state index contributed by atoms with van der Waals surface area (Å²) in [6.45, 7) is 4.64. The van der Waals surface area contributed by atoms with Crippen LogP contribution in [0.15, 0.2) is 158 Å². The van der Waals surface area contributed by atoms with Crippen LogP contribution in [0.25, 0.3) is 103 Å². The second-order valence-corrected chi connectivity index (χ2v) is 16.2. The number of benzene rings is 7. The van der Waals surface area contributed by atoms with E-state index in [1.165, 1.54) is 75.0 Å². The summed E-state index contributed by atoms with van der Waals surface area (Å²) in [5, 5.41) is 8.65. The van der Waals surface area contributed by atoms with Crippen molar-refractivity contribution in [1.82, 2.24) is 19.5 Å². The van der Waals surface area contributed by atoms with Crippen molar-refractivity contribution in [1.29, 1.82) is 0 Å². The van der Waals surface area contributed by atoms with E-state index in [2.05, 4.69) is 164 Å². The molecular weight excluding hydrogens is 689 g/mol. The number of fused-ring (bicyclic) bond motifs is 14. The fourth-order valence-electron chi connectivity index (χ4n) is 9.34. The summed E-state index contributed by atoms with van der Waals surface area (Å²) in [7, 11) is 0. The predicted molar refractivity (Wildman–Crippen MR) is 231 cm³/mol. The lowest BCUT2D eigenvalue weighted by molar-refractivity contribution is 0.660. The molecule has 5 heteroatoms. The number of hydrogen-bond acceptors (Lipinski definition) is 4. The smallest absolute Gasteiger partial charge is 0.163 e. The molecular formula is C50H32N4S. The summed E-state index contributed by atoms with van der Waals surface area (Å²) in [4.78, 5) is 15.2. The summed E-state index contributed by atoms with van der Waals surface area (Å²) in [5.74, 6) is 0.657. The van der Waals surface area contributed by atoms with E-state index in [0.29, 0.717) is 11.5 Å². The van der Waals surface area contributed by atoms with Crippen molar-refractivity contribution in [3.8, 4) is 39.5 Å². The van der Waals surface area contributed by atoms with Crippen LogP contribution >= 0.6 is 11.3 Å². The SMILES string of the molecule is CC1(C)c2ccccc2-c2ccc(-c3nc(-c4cccc(-n5c6ccccc6c6c7ccccc7c7c8ccccc8sc7c65)c4)nc4ncccc34)cc21. The van der Waals surface area contributed by atoms with E-state index in [9.17, 15) is 0 Å².